The van der Waals surface area contributed by atoms with Crippen LogP contribution in [0.3, 0.4) is 0 Å². The molecule has 4 nitrogen and oxygen atoms in total. The summed E-state index contributed by atoms with van der Waals surface area (Å²) in [4.78, 5) is 7.33. The number of benzene rings is 1. The lowest BCUT2D eigenvalue weighted by molar-refractivity contribution is 0.175. The number of nitrogens with zero attached hydrogens (tertiary/aromatic N) is 2. The van der Waals surface area contributed by atoms with E-state index >= 15 is 0 Å². The van der Waals surface area contributed by atoms with Crippen LogP contribution in [0.15, 0.2) is 29.3 Å². The van der Waals surface area contributed by atoms with Gasteiger partial charge in [-0.15, -0.1) is 24.0 Å². The Kier molecular flexibility index (Phi) is 9.79. The molecule has 0 saturated heterocycles. The van der Waals surface area contributed by atoms with Crippen molar-refractivity contribution in [1.29, 1.82) is 0 Å². The number of aliphatic hydroxyl groups excluding tert-OH is 1. The lowest BCUT2D eigenvalue weighted by Crippen LogP contribution is -2.44. The molecule has 0 aliphatic carbocycles. The smallest absolute Gasteiger partial charge is 0.194 e. The first-order chi connectivity index (χ1) is 11.7. The summed E-state index contributed by atoms with van der Waals surface area (Å²) >= 11 is 0. The summed E-state index contributed by atoms with van der Waals surface area (Å²) in [5.41, 5.74) is 2.98. The van der Waals surface area contributed by atoms with Gasteiger partial charge in [-0.2, -0.15) is 0 Å². The molecule has 0 fully saturated rings. The Morgan fingerprint density at radius 3 is 2.48 bits per heavy atom. The number of halogens is 1. The van der Waals surface area contributed by atoms with Crippen molar-refractivity contribution in [3.05, 3.63) is 35.4 Å². The minimum Gasteiger partial charge on any atom is -0.396 e. The number of rotatable bonds is 7. The number of hydrogen-bond acceptors (Lipinski definition) is 2. The number of aliphatic imine (C=N–C) groups is 1. The molecule has 25 heavy (non-hydrogen) atoms. The SMILES string of the molecule is CCNC(=NCC(CC)(CC)CCO)N1CCc2ccccc2C1.I. The van der Waals surface area contributed by atoms with E-state index in [-0.39, 0.29) is 36.0 Å². The maximum atomic E-state index is 9.42. The molecular formula is C20H34IN3O. The third-order valence-corrected chi connectivity index (χ3v) is 5.47. The third-order valence-electron chi connectivity index (χ3n) is 5.47. The fourth-order valence-corrected chi connectivity index (χ4v) is 3.49. The molecule has 1 aromatic rings. The topological polar surface area (TPSA) is 47.9 Å². The lowest BCUT2D eigenvalue weighted by Gasteiger charge is -2.34. The lowest BCUT2D eigenvalue weighted by atomic mass is 9.79. The highest BCUT2D eigenvalue weighted by molar-refractivity contribution is 14.0. The van der Waals surface area contributed by atoms with E-state index in [4.69, 9.17) is 4.99 Å². The number of nitrogens with one attached hydrogen (secondary N) is 1. The fraction of sp³-hybridized carbons (Fsp3) is 0.650. The molecule has 0 bridgehead atoms. The van der Waals surface area contributed by atoms with Gasteiger partial charge < -0.3 is 15.3 Å². The van der Waals surface area contributed by atoms with Gasteiger partial charge in [0.2, 0.25) is 0 Å². The molecule has 0 spiro atoms. The first-order valence-electron chi connectivity index (χ1n) is 9.39. The molecule has 0 atom stereocenters. The van der Waals surface area contributed by atoms with Crippen LogP contribution in [0, 0.1) is 5.41 Å². The van der Waals surface area contributed by atoms with Crippen molar-refractivity contribution < 1.29 is 5.11 Å². The molecule has 2 rings (SSSR count). The van der Waals surface area contributed by atoms with Crippen LogP contribution in [0.1, 0.15) is 51.2 Å². The maximum Gasteiger partial charge on any atom is 0.194 e. The molecule has 0 saturated carbocycles. The second kappa shape index (κ2) is 11.0. The summed E-state index contributed by atoms with van der Waals surface area (Å²) < 4.78 is 0. The Balaban J connectivity index is 0.00000312. The Hall–Kier alpha value is -0.820. The van der Waals surface area contributed by atoms with Crippen molar-refractivity contribution in [2.75, 3.05) is 26.2 Å². The van der Waals surface area contributed by atoms with Gasteiger partial charge in [0.05, 0.1) is 0 Å². The Bertz CT molecular complexity index is 543. The maximum absolute atomic E-state index is 9.42. The highest BCUT2D eigenvalue weighted by Crippen LogP contribution is 2.31. The predicted octanol–water partition coefficient (Wildman–Crippen LogP) is 3.82. The van der Waals surface area contributed by atoms with Gasteiger partial charge in [-0.3, -0.25) is 4.99 Å². The van der Waals surface area contributed by atoms with Crippen molar-refractivity contribution in [2.24, 2.45) is 10.4 Å². The standard InChI is InChI=1S/C20H33N3O.HI/c1-4-20(5-2,12-14-24)16-22-19(21-6-3)23-13-11-17-9-7-8-10-18(17)15-23;/h7-10,24H,4-6,11-16H2,1-3H3,(H,21,22);1H. The predicted molar refractivity (Wildman–Crippen MR) is 117 cm³/mol. The van der Waals surface area contributed by atoms with E-state index in [1.165, 1.54) is 11.1 Å². The van der Waals surface area contributed by atoms with Crippen molar-refractivity contribution in [3.63, 3.8) is 0 Å². The summed E-state index contributed by atoms with van der Waals surface area (Å²) in [6.07, 6.45) is 4.00. The van der Waals surface area contributed by atoms with E-state index in [9.17, 15) is 5.11 Å². The summed E-state index contributed by atoms with van der Waals surface area (Å²) in [5.74, 6) is 1.01. The van der Waals surface area contributed by atoms with E-state index in [1.54, 1.807) is 0 Å². The molecule has 1 aromatic carbocycles. The monoisotopic (exact) mass is 459 g/mol. The summed E-state index contributed by atoms with van der Waals surface area (Å²) in [6, 6.07) is 8.70. The average molecular weight is 459 g/mol. The zero-order valence-electron chi connectivity index (χ0n) is 15.9. The number of hydrogen-bond donors (Lipinski definition) is 2. The molecule has 0 aromatic heterocycles. The molecule has 0 unspecified atom stereocenters. The molecule has 5 heteroatoms. The molecular weight excluding hydrogens is 425 g/mol. The summed E-state index contributed by atoms with van der Waals surface area (Å²) in [5, 5.41) is 12.9. The zero-order chi connectivity index (χ0) is 17.4. The minimum absolute atomic E-state index is 0. The largest absolute Gasteiger partial charge is 0.396 e. The minimum atomic E-state index is 0. The molecule has 0 amide bonds. The van der Waals surface area contributed by atoms with Gasteiger partial charge in [-0.1, -0.05) is 38.1 Å². The molecule has 2 N–H and O–H groups in total. The van der Waals surface area contributed by atoms with Crippen molar-refractivity contribution in [1.82, 2.24) is 10.2 Å². The normalized spacial score (nSPS) is 14.7. The van der Waals surface area contributed by atoms with Crippen molar-refractivity contribution in [3.8, 4) is 0 Å². The van der Waals surface area contributed by atoms with Gasteiger partial charge in [0.15, 0.2) is 5.96 Å². The second-order valence-electron chi connectivity index (χ2n) is 6.79. The molecule has 142 valence electrons. The van der Waals surface area contributed by atoms with Gasteiger partial charge in [-0.25, -0.2) is 0 Å². The molecule has 0 radical (unpaired) electrons. The van der Waals surface area contributed by atoms with Crippen LogP contribution in [0.4, 0.5) is 0 Å². The molecule has 1 heterocycles. The Labute approximate surface area is 170 Å². The van der Waals surface area contributed by atoms with Crippen LogP contribution in [-0.4, -0.2) is 42.2 Å². The number of fused-ring (bicyclic) bond motifs is 1. The van der Waals surface area contributed by atoms with Gasteiger partial charge in [-0.05, 0) is 49.1 Å². The van der Waals surface area contributed by atoms with Crippen molar-refractivity contribution >= 4 is 29.9 Å². The summed E-state index contributed by atoms with van der Waals surface area (Å²) in [6.45, 7) is 10.4. The van der Waals surface area contributed by atoms with Gasteiger partial charge in [0.25, 0.3) is 0 Å². The van der Waals surface area contributed by atoms with E-state index < -0.39 is 0 Å². The fourth-order valence-electron chi connectivity index (χ4n) is 3.49. The molecule has 1 aliphatic rings. The van der Waals surface area contributed by atoms with Crippen LogP contribution in [0.2, 0.25) is 0 Å². The van der Waals surface area contributed by atoms with Crippen LogP contribution in [0.5, 0.6) is 0 Å². The number of guanidine groups is 1. The van der Waals surface area contributed by atoms with E-state index in [0.717, 1.165) is 57.8 Å². The molecule has 1 aliphatic heterocycles. The van der Waals surface area contributed by atoms with E-state index in [0.29, 0.717) is 0 Å². The highest BCUT2D eigenvalue weighted by atomic mass is 127. The van der Waals surface area contributed by atoms with Crippen LogP contribution < -0.4 is 5.32 Å². The van der Waals surface area contributed by atoms with E-state index in [1.807, 2.05) is 0 Å². The highest BCUT2D eigenvalue weighted by Gasteiger charge is 2.26. The zero-order valence-corrected chi connectivity index (χ0v) is 18.3. The average Bonchev–Trinajstić information content (AvgIpc) is 2.63. The number of aliphatic hydroxyl groups is 1. The van der Waals surface area contributed by atoms with Gasteiger partial charge in [0, 0.05) is 32.8 Å². The van der Waals surface area contributed by atoms with Crippen LogP contribution in [-0.2, 0) is 13.0 Å². The third kappa shape index (κ3) is 5.84. The second-order valence-corrected chi connectivity index (χ2v) is 6.79. The van der Waals surface area contributed by atoms with Crippen LogP contribution in [0.25, 0.3) is 0 Å². The van der Waals surface area contributed by atoms with Gasteiger partial charge >= 0.3 is 0 Å². The Morgan fingerprint density at radius 2 is 1.88 bits per heavy atom. The summed E-state index contributed by atoms with van der Waals surface area (Å²) in [7, 11) is 0. The quantitative estimate of drug-likeness (QED) is 0.370. The van der Waals surface area contributed by atoms with Crippen LogP contribution >= 0.6 is 24.0 Å². The van der Waals surface area contributed by atoms with E-state index in [2.05, 4.69) is 55.3 Å². The first-order valence-corrected chi connectivity index (χ1v) is 9.39. The van der Waals surface area contributed by atoms with Gasteiger partial charge in [0.1, 0.15) is 0 Å². The Morgan fingerprint density at radius 1 is 1.20 bits per heavy atom. The first kappa shape index (κ1) is 22.2. The van der Waals surface area contributed by atoms with Crippen molar-refractivity contribution in [2.45, 2.75) is 53.0 Å².